The molecule has 0 spiro atoms. The second kappa shape index (κ2) is 5.48. The topological polar surface area (TPSA) is 58.6 Å². The molecule has 1 aromatic carbocycles. The van der Waals surface area contributed by atoms with Gasteiger partial charge in [0, 0.05) is 18.7 Å². The molecule has 0 aromatic heterocycles. The van der Waals surface area contributed by atoms with Crippen molar-refractivity contribution in [2.24, 2.45) is 0 Å². The minimum Gasteiger partial charge on any atom is -0.489 e. The molecule has 6 heteroatoms. The highest BCUT2D eigenvalue weighted by molar-refractivity contribution is 5.76. The first-order chi connectivity index (χ1) is 8.70. The van der Waals surface area contributed by atoms with E-state index in [1.54, 1.807) is 4.90 Å². The normalized spacial score (nSPS) is 14.5. The van der Waals surface area contributed by atoms with Gasteiger partial charge >= 0.3 is 6.03 Å². The minimum atomic E-state index is -0.578. The molecular formula is C12H13FN2O3. The fraction of sp³-hybridized carbons (Fsp3) is 0.333. The van der Waals surface area contributed by atoms with Gasteiger partial charge in [-0.15, -0.1) is 0 Å². The molecule has 96 valence electrons. The summed E-state index contributed by atoms with van der Waals surface area (Å²) in [6.45, 7) is 1.88. The predicted octanol–water partition coefficient (Wildman–Crippen LogP) is 1.04. The molecule has 0 atom stereocenters. The number of ether oxygens (including phenoxy) is 1. The van der Waals surface area contributed by atoms with Crippen molar-refractivity contribution in [2.45, 2.75) is 0 Å². The van der Waals surface area contributed by atoms with Crippen LogP contribution in [-0.2, 0) is 0 Å². The Labute approximate surface area is 104 Å². The van der Waals surface area contributed by atoms with Crippen LogP contribution in [0.25, 0.3) is 0 Å². The van der Waals surface area contributed by atoms with Crippen LogP contribution in [0.15, 0.2) is 18.2 Å². The Balaban J connectivity index is 1.86. The maximum absolute atomic E-state index is 13.4. The van der Waals surface area contributed by atoms with Crippen LogP contribution < -0.4 is 10.1 Å². The summed E-state index contributed by atoms with van der Waals surface area (Å²) in [7, 11) is 0. The number of aldehydes is 1. The van der Waals surface area contributed by atoms with Crippen LogP contribution in [0.4, 0.5) is 9.18 Å². The van der Waals surface area contributed by atoms with E-state index in [0.29, 0.717) is 25.9 Å². The number of rotatable bonds is 5. The van der Waals surface area contributed by atoms with Gasteiger partial charge in [0.1, 0.15) is 12.9 Å². The van der Waals surface area contributed by atoms with Gasteiger partial charge in [0.2, 0.25) is 0 Å². The van der Waals surface area contributed by atoms with Gasteiger partial charge in [0.15, 0.2) is 11.6 Å². The number of benzene rings is 1. The van der Waals surface area contributed by atoms with Gasteiger partial charge in [-0.3, -0.25) is 4.79 Å². The Bertz CT molecular complexity index is 465. The molecule has 0 unspecified atom stereocenters. The zero-order valence-electron chi connectivity index (χ0n) is 9.69. The highest BCUT2D eigenvalue weighted by atomic mass is 19.1. The van der Waals surface area contributed by atoms with E-state index >= 15 is 0 Å². The molecule has 0 bridgehead atoms. The third-order valence-corrected chi connectivity index (χ3v) is 2.66. The molecule has 2 amide bonds. The number of halogens is 1. The van der Waals surface area contributed by atoms with Gasteiger partial charge in [-0.2, -0.15) is 0 Å². The lowest BCUT2D eigenvalue weighted by atomic mass is 10.2. The summed E-state index contributed by atoms with van der Waals surface area (Å²) in [5.74, 6) is -0.495. The van der Waals surface area contributed by atoms with E-state index in [1.165, 1.54) is 12.1 Å². The number of hydrogen-bond donors (Lipinski definition) is 1. The molecule has 1 aliphatic rings. The molecule has 0 saturated carbocycles. The lowest BCUT2D eigenvalue weighted by molar-refractivity contribution is 0.112. The molecular weight excluding hydrogens is 239 g/mol. The van der Waals surface area contributed by atoms with Gasteiger partial charge < -0.3 is 15.0 Å². The minimum absolute atomic E-state index is 0.0835. The number of nitrogens with one attached hydrogen (secondary N) is 1. The monoisotopic (exact) mass is 252 g/mol. The second-order valence-corrected chi connectivity index (χ2v) is 3.88. The molecule has 1 aliphatic heterocycles. The summed E-state index contributed by atoms with van der Waals surface area (Å²) in [6, 6.07) is 3.87. The van der Waals surface area contributed by atoms with Gasteiger partial charge in [0.25, 0.3) is 0 Å². The Hall–Kier alpha value is -2.11. The summed E-state index contributed by atoms with van der Waals surface area (Å²) < 4.78 is 18.7. The molecule has 1 heterocycles. The van der Waals surface area contributed by atoms with Gasteiger partial charge in [0.05, 0.1) is 6.54 Å². The number of amides is 2. The molecule has 1 aromatic rings. The van der Waals surface area contributed by atoms with E-state index in [-0.39, 0.29) is 24.0 Å². The fourth-order valence-electron chi connectivity index (χ4n) is 1.70. The van der Waals surface area contributed by atoms with Crippen LogP contribution in [0.1, 0.15) is 10.4 Å². The van der Waals surface area contributed by atoms with Crippen LogP contribution in [0.5, 0.6) is 5.75 Å². The lowest BCUT2D eigenvalue weighted by Gasteiger charge is -2.14. The molecule has 1 fully saturated rings. The highest BCUT2D eigenvalue weighted by Gasteiger charge is 2.18. The van der Waals surface area contributed by atoms with Crippen LogP contribution in [0.3, 0.4) is 0 Å². The van der Waals surface area contributed by atoms with E-state index in [9.17, 15) is 14.0 Å². The summed E-state index contributed by atoms with van der Waals surface area (Å²) in [5.41, 5.74) is 0.263. The van der Waals surface area contributed by atoms with Gasteiger partial charge in [-0.25, -0.2) is 9.18 Å². The molecule has 2 rings (SSSR count). The Kier molecular flexibility index (Phi) is 3.76. The molecule has 0 radical (unpaired) electrons. The second-order valence-electron chi connectivity index (χ2n) is 3.88. The number of nitrogens with zero attached hydrogens (tertiary/aromatic N) is 1. The first-order valence-electron chi connectivity index (χ1n) is 5.61. The number of carbonyl (C=O) groups excluding carboxylic acids is 2. The Morgan fingerprint density at radius 2 is 2.33 bits per heavy atom. The van der Waals surface area contributed by atoms with E-state index in [0.717, 1.165) is 6.07 Å². The SMILES string of the molecule is O=Cc1ccc(OCCN2CCNC2=O)c(F)c1. The zero-order chi connectivity index (χ0) is 13.0. The summed E-state index contributed by atoms with van der Waals surface area (Å²) in [6.07, 6.45) is 0.571. The molecule has 5 nitrogen and oxygen atoms in total. The van der Waals surface area contributed by atoms with Gasteiger partial charge in [-0.1, -0.05) is 0 Å². The third-order valence-electron chi connectivity index (χ3n) is 2.66. The summed E-state index contributed by atoms with van der Waals surface area (Å²) in [4.78, 5) is 23.2. The van der Waals surface area contributed by atoms with Crippen molar-refractivity contribution in [2.75, 3.05) is 26.2 Å². The van der Waals surface area contributed by atoms with Crippen LogP contribution >= 0.6 is 0 Å². The smallest absolute Gasteiger partial charge is 0.317 e. The Morgan fingerprint density at radius 1 is 1.50 bits per heavy atom. The quantitative estimate of drug-likeness (QED) is 0.797. The lowest BCUT2D eigenvalue weighted by Crippen LogP contribution is -2.31. The number of hydrogen-bond acceptors (Lipinski definition) is 3. The fourth-order valence-corrected chi connectivity index (χ4v) is 1.70. The van der Waals surface area contributed by atoms with Crippen molar-refractivity contribution in [1.29, 1.82) is 0 Å². The number of urea groups is 1. The van der Waals surface area contributed by atoms with Crippen LogP contribution in [0, 0.1) is 5.82 Å². The predicted molar refractivity (Wildman–Crippen MR) is 62.3 cm³/mol. The van der Waals surface area contributed by atoms with Crippen molar-refractivity contribution >= 4 is 12.3 Å². The summed E-state index contributed by atoms with van der Waals surface area (Å²) in [5, 5.41) is 2.66. The average Bonchev–Trinajstić information content (AvgIpc) is 2.77. The van der Waals surface area contributed by atoms with Gasteiger partial charge in [-0.05, 0) is 18.2 Å². The largest absolute Gasteiger partial charge is 0.489 e. The maximum Gasteiger partial charge on any atom is 0.317 e. The first kappa shape index (κ1) is 12.3. The number of carbonyl (C=O) groups is 2. The Morgan fingerprint density at radius 3 is 2.94 bits per heavy atom. The van der Waals surface area contributed by atoms with E-state index in [4.69, 9.17) is 4.74 Å². The first-order valence-corrected chi connectivity index (χ1v) is 5.61. The molecule has 0 aliphatic carbocycles. The summed E-state index contributed by atoms with van der Waals surface area (Å²) >= 11 is 0. The highest BCUT2D eigenvalue weighted by Crippen LogP contribution is 2.17. The average molecular weight is 252 g/mol. The van der Waals surface area contributed by atoms with Crippen molar-refractivity contribution in [3.8, 4) is 5.75 Å². The molecule has 18 heavy (non-hydrogen) atoms. The van der Waals surface area contributed by atoms with Crippen molar-refractivity contribution in [3.05, 3.63) is 29.6 Å². The standard InChI is InChI=1S/C12H13FN2O3/c13-10-7-9(8-16)1-2-11(10)18-6-5-15-4-3-14-12(15)17/h1-2,7-8H,3-6H2,(H,14,17). The van der Waals surface area contributed by atoms with Crippen molar-refractivity contribution in [1.82, 2.24) is 10.2 Å². The maximum atomic E-state index is 13.4. The van der Waals surface area contributed by atoms with Crippen molar-refractivity contribution in [3.63, 3.8) is 0 Å². The van der Waals surface area contributed by atoms with Crippen LogP contribution in [-0.4, -0.2) is 43.5 Å². The van der Waals surface area contributed by atoms with E-state index < -0.39 is 5.82 Å². The van der Waals surface area contributed by atoms with E-state index in [2.05, 4.69) is 5.32 Å². The molecule has 1 N–H and O–H groups in total. The van der Waals surface area contributed by atoms with Crippen molar-refractivity contribution < 1.29 is 18.7 Å². The van der Waals surface area contributed by atoms with E-state index in [1.807, 2.05) is 0 Å². The van der Waals surface area contributed by atoms with Crippen LogP contribution in [0.2, 0.25) is 0 Å². The zero-order valence-corrected chi connectivity index (χ0v) is 9.69. The molecule has 1 saturated heterocycles. The third kappa shape index (κ3) is 2.77.